The van der Waals surface area contributed by atoms with E-state index in [9.17, 15) is 0 Å². The van der Waals surface area contributed by atoms with Gasteiger partial charge in [-0.3, -0.25) is 0 Å². The molecule has 0 amide bonds. The highest BCUT2D eigenvalue weighted by Crippen LogP contribution is 2.22. The summed E-state index contributed by atoms with van der Waals surface area (Å²) in [5, 5.41) is 0. The van der Waals surface area contributed by atoms with Crippen molar-refractivity contribution in [2.45, 2.75) is 32.1 Å². The van der Waals surface area contributed by atoms with Gasteiger partial charge in [0.15, 0.2) is 0 Å². The maximum absolute atomic E-state index is 5.56. The number of likely N-dealkylation sites (tertiary alicyclic amines) is 1. The number of hydrogen-bond donors (Lipinski definition) is 1. The molecule has 0 spiro atoms. The lowest BCUT2D eigenvalue weighted by Gasteiger charge is -2.31. The van der Waals surface area contributed by atoms with Crippen molar-refractivity contribution in [2.24, 2.45) is 11.7 Å². The monoisotopic (exact) mass is 246 g/mol. The first-order valence-electron chi connectivity index (χ1n) is 7.35. The molecule has 0 bridgehead atoms. The molecule has 2 rings (SSSR count). The minimum absolute atomic E-state index is 0.827. The number of piperidine rings is 1. The van der Waals surface area contributed by atoms with E-state index in [1.807, 2.05) is 0 Å². The molecule has 100 valence electrons. The van der Waals surface area contributed by atoms with E-state index < -0.39 is 0 Å². The Morgan fingerprint density at radius 1 is 1.11 bits per heavy atom. The van der Waals surface area contributed by atoms with Gasteiger partial charge in [-0.1, -0.05) is 30.3 Å². The minimum Gasteiger partial charge on any atom is -0.330 e. The molecule has 1 fully saturated rings. The molecular weight excluding hydrogens is 220 g/mol. The Kier molecular flexibility index (Phi) is 5.69. The van der Waals surface area contributed by atoms with Gasteiger partial charge in [0.1, 0.15) is 0 Å². The molecule has 18 heavy (non-hydrogen) atoms. The van der Waals surface area contributed by atoms with E-state index in [1.165, 1.54) is 50.9 Å². The summed E-state index contributed by atoms with van der Waals surface area (Å²) in [5.41, 5.74) is 7.05. The van der Waals surface area contributed by atoms with Crippen molar-refractivity contribution >= 4 is 0 Å². The molecule has 1 aliphatic heterocycles. The maximum Gasteiger partial charge on any atom is -0.000671 e. The predicted octanol–water partition coefficient (Wildman–Crippen LogP) is 2.68. The van der Waals surface area contributed by atoms with Gasteiger partial charge in [0.2, 0.25) is 0 Å². The van der Waals surface area contributed by atoms with Gasteiger partial charge in [0.05, 0.1) is 0 Å². The lowest BCUT2D eigenvalue weighted by molar-refractivity contribution is 0.178. The second kappa shape index (κ2) is 7.55. The van der Waals surface area contributed by atoms with Gasteiger partial charge in [-0.25, -0.2) is 0 Å². The average molecular weight is 246 g/mol. The summed E-state index contributed by atoms with van der Waals surface area (Å²) < 4.78 is 0. The van der Waals surface area contributed by atoms with Crippen LogP contribution in [0, 0.1) is 5.92 Å². The molecule has 1 aromatic rings. The summed E-state index contributed by atoms with van der Waals surface area (Å²) in [5.74, 6) is 0.930. The van der Waals surface area contributed by atoms with E-state index >= 15 is 0 Å². The quantitative estimate of drug-likeness (QED) is 0.836. The molecule has 0 aliphatic carbocycles. The standard InChI is InChI=1S/C16H26N2/c17-11-4-12-18-13-9-16(10-14-18)8-7-15-5-2-1-3-6-15/h1-3,5-6,16H,4,7-14,17H2. The largest absolute Gasteiger partial charge is 0.330 e. The SMILES string of the molecule is NCCCN1CCC(CCc2ccccc2)CC1. The highest BCUT2D eigenvalue weighted by molar-refractivity contribution is 5.14. The molecular formula is C16H26N2. The number of hydrogen-bond acceptors (Lipinski definition) is 2. The summed E-state index contributed by atoms with van der Waals surface area (Å²) in [6.07, 6.45) is 6.49. The highest BCUT2D eigenvalue weighted by Gasteiger charge is 2.18. The average Bonchev–Trinajstić information content (AvgIpc) is 2.45. The Morgan fingerprint density at radius 2 is 1.83 bits per heavy atom. The molecule has 0 unspecified atom stereocenters. The van der Waals surface area contributed by atoms with Gasteiger partial charge >= 0.3 is 0 Å². The van der Waals surface area contributed by atoms with E-state index in [0.29, 0.717) is 0 Å². The number of aryl methyl sites for hydroxylation is 1. The zero-order valence-corrected chi connectivity index (χ0v) is 11.4. The molecule has 0 saturated carbocycles. The summed E-state index contributed by atoms with van der Waals surface area (Å²) in [6.45, 7) is 4.58. The maximum atomic E-state index is 5.56. The van der Waals surface area contributed by atoms with Crippen LogP contribution in [-0.2, 0) is 6.42 Å². The molecule has 1 heterocycles. The Morgan fingerprint density at radius 3 is 2.50 bits per heavy atom. The van der Waals surface area contributed by atoms with Crippen molar-refractivity contribution in [2.75, 3.05) is 26.2 Å². The van der Waals surface area contributed by atoms with Crippen LogP contribution in [0.4, 0.5) is 0 Å². The van der Waals surface area contributed by atoms with Crippen LogP contribution in [0.1, 0.15) is 31.2 Å². The van der Waals surface area contributed by atoms with Gasteiger partial charge in [-0.15, -0.1) is 0 Å². The van der Waals surface area contributed by atoms with E-state index in [-0.39, 0.29) is 0 Å². The van der Waals surface area contributed by atoms with Crippen molar-refractivity contribution in [3.05, 3.63) is 35.9 Å². The van der Waals surface area contributed by atoms with Crippen LogP contribution in [0.25, 0.3) is 0 Å². The summed E-state index contributed by atoms with van der Waals surface area (Å²) in [4.78, 5) is 2.58. The zero-order chi connectivity index (χ0) is 12.6. The van der Waals surface area contributed by atoms with Gasteiger partial charge in [0.25, 0.3) is 0 Å². The number of rotatable bonds is 6. The molecule has 1 aromatic carbocycles. The fourth-order valence-electron chi connectivity index (χ4n) is 2.83. The smallest absolute Gasteiger partial charge is 0.000671 e. The van der Waals surface area contributed by atoms with Crippen LogP contribution in [0.3, 0.4) is 0 Å². The van der Waals surface area contributed by atoms with E-state index in [0.717, 1.165) is 18.9 Å². The van der Waals surface area contributed by atoms with Crippen molar-refractivity contribution < 1.29 is 0 Å². The molecule has 0 atom stereocenters. The predicted molar refractivity (Wildman–Crippen MR) is 77.6 cm³/mol. The van der Waals surface area contributed by atoms with Gasteiger partial charge in [-0.2, -0.15) is 0 Å². The number of benzene rings is 1. The molecule has 0 radical (unpaired) electrons. The number of nitrogens with zero attached hydrogens (tertiary/aromatic N) is 1. The molecule has 1 aliphatic rings. The van der Waals surface area contributed by atoms with Crippen LogP contribution >= 0.6 is 0 Å². The van der Waals surface area contributed by atoms with Crippen LogP contribution in [-0.4, -0.2) is 31.1 Å². The number of nitrogens with two attached hydrogens (primary N) is 1. The van der Waals surface area contributed by atoms with Crippen LogP contribution < -0.4 is 5.73 Å². The molecule has 2 heteroatoms. The van der Waals surface area contributed by atoms with Crippen molar-refractivity contribution in [1.82, 2.24) is 4.90 Å². The molecule has 0 aromatic heterocycles. The first kappa shape index (κ1) is 13.6. The lowest BCUT2D eigenvalue weighted by atomic mass is 9.90. The molecule has 2 nitrogen and oxygen atoms in total. The Hall–Kier alpha value is -0.860. The van der Waals surface area contributed by atoms with Crippen LogP contribution in [0.2, 0.25) is 0 Å². The van der Waals surface area contributed by atoms with Gasteiger partial charge in [-0.05, 0) is 69.8 Å². The fraction of sp³-hybridized carbons (Fsp3) is 0.625. The Bertz CT molecular complexity index is 315. The first-order chi connectivity index (χ1) is 8.88. The van der Waals surface area contributed by atoms with Crippen molar-refractivity contribution in [3.8, 4) is 0 Å². The Labute approximate surface area is 111 Å². The second-order valence-corrected chi connectivity index (χ2v) is 5.45. The lowest BCUT2D eigenvalue weighted by Crippen LogP contribution is -2.35. The Balaban J connectivity index is 1.65. The third-order valence-corrected chi connectivity index (χ3v) is 4.07. The van der Waals surface area contributed by atoms with Gasteiger partial charge < -0.3 is 10.6 Å². The topological polar surface area (TPSA) is 29.3 Å². The fourth-order valence-corrected chi connectivity index (χ4v) is 2.83. The van der Waals surface area contributed by atoms with Crippen LogP contribution in [0.15, 0.2) is 30.3 Å². The van der Waals surface area contributed by atoms with Crippen molar-refractivity contribution in [1.29, 1.82) is 0 Å². The first-order valence-corrected chi connectivity index (χ1v) is 7.35. The third kappa shape index (κ3) is 4.43. The van der Waals surface area contributed by atoms with E-state index in [2.05, 4.69) is 35.2 Å². The summed E-state index contributed by atoms with van der Waals surface area (Å²) in [6, 6.07) is 10.9. The second-order valence-electron chi connectivity index (χ2n) is 5.45. The summed E-state index contributed by atoms with van der Waals surface area (Å²) >= 11 is 0. The third-order valence-electron chi connectivity index (χ3n) is 4.07. The van der Waals surface area contributed by atoms with Crippen LogP contribution in [0.5, 0.6) is 0 Å². The van der Waals surface area contributed by atoms with E-state index in [4.69, 9.17) is 5.73 Å². The molecule has 1 saturated heterocycles. The summed E-state index contributed by atoms with van der Waals surface area (Å²) in [7, 11) is 0. The van der Waals surface area contributed by atoms with Gasteiger partial charge in [0, 0.05) is 0 Å². The highest BCUT2D eigenvalue weighted by atomic mass is 15.1. The zero-order valence-electron chi connectivity index (χ0n) is 11.4. The molecule has 2 N–H and O–H groups in total. The van der Waals surface area contributed by atoms with Crippen molar-refractivity contribution in [3.63, 3.8) is 0 Å². The minimum atomic E-state index is 0.827. The van der Waals surface area contributed by atoms with E-state index in [1.54, 1.807) is 0 Å². The normalized spacial score (nSPS) is 18.1.